The minimum Gasteiger partial charge on any atom is -0.496 e. The minimum absolute atomic E-state index is 0.0197. The van der Waals surface area contributed by atoms with E-state index in [1.807, 2.05) is 0 Å². The number of methoxy groups -OCH3 is 1. The summed E-state index contributed by atoms with van der Waals surface area (Å²) in [5, 5.41) is 4.23. The standard InChI is InChI=1S/C22H35IN2O2Si/c1-14(2)28(15(3)4,16(5)6)25-13-18(11-12-24-17(7)26)21-19(25)9-10-20(27-8)22(21)23/h9-10,13-16H,11-12H2,1-8H3,(H,24,26). The second-order valence-corrected chi connectivity index (χ2v) is 15.4. The van der Waals surface area contributed by atoms with E-state index in [1.54, 1.807) is 14.0 Å². The van der Waals surface area contributed by atoms with E-state index in [9.17, 15) is 4.79 Å². The molecule has 156 valence electrons. The third-order valence-corrected chi connectivity index (χ3v) is 14.0. The van der Waals surface area contributed by atoms with E-state index < -0.39 is 8.24 Å². The van der Waals surface area contributed by atoms with Crippen molar-refractivity contribution in [2.24, 2.45) is 0 Å². The predicted octanol–water partition coefficient (Wildman–Crippen LogP) is 5.96. The number of carbonyl (C=O) groups excluding carboxylic acids is 1. The summed E-state index contributed by atoms with van der Waals surface area (Å²) in [7, 11) is -0.145. The quantitative estimate of drug-likeness (QED) is 0.349. The van der Waals surface area contributed by atoms with Crippen molar-refractivity contribution in [2.45, 2.75) is 71.5 Å². The Hall–Kier alpha value is -1.02. The number of ether oxygens (including phenoxy) is 1. The van der Waals surface area contributed by atoms with E-state index in [1.165, 1.54) is 16.5 Å². The molecule has 1 aromatic heterocycles. The lowest BCUT2D eigenvalue weighted by molar-refractivity contribution is -0.118. The van der Waals surface area contributed by atoms with Gasteiger partial charge in [-0.05, 0) is 69.5 Å². The minimum atomic E-state index is -1.87. The van der Waals surface area contributed by atoms with Gasteiger partial charge in [0, 0.05) is 24.4 Å². The number of fused-ring (bicyclic) bond motifs is 1. The highest BCUT2D eigenvalue weighted by atomic mass is 127. The smallest absolute Gasteiger partial charge is 0.216 e. The number of nitrogens with one attached hydrogen (secondary N) is 1. The predicted molar refractivity (Wildman–Crippen MR) is 130 cm³/mol. The molecule has 0 radical (unpaired) electrons. The number of halogens is 1. The molecule has 2 rings (SSSR count). The maximum Gasteiger partial charge on any atom is 0.216 e. The fraction of sp³-hybridized carbons (Fsp3) is 0.591. The first-order valence-corrected chi connectivity index (χ1v) is 13.5. The summed E-state index contributed by atoms with van der Waals surface area (Å²) in [6, 6.07) is 4.32. The van der Waals surface area contributed by atoms with Crippen molar-refractivity contribution in [1.29, 1.82) is 0 Å². The summed E-state index contributed by atoms with van der Waals surface area (Å²) in [4.78, 5) is 11.4. The molecule has 6 heteroatoms. The van der Waals surface area contributed by atoms with Crippen LogP contribution < -0.4 is 10.1 Å². The van der Waals surface area contributed by atoms with E-state index in [4.69, 9.17) is 4.74 Å². The number of carbonyl (C=O) groups is 1. The van der Waals surface area contributed by atoms with Crippen LogP contribution in [0.5, 0.6) is 5.75 Å². The lowest BCUT2D eigenvalue weighted by Crippen LogP contribution is -2.51. The van der Waals surface area contributed by atoms with Gasteiger partial charge in [-0.15, -0.1) is 0 Å². The first-order chi connectivity index (χ1) is 13.1. The summed E-state index contributed by atoms with van der Waals surface area (Å²) in [5.41, 5.74) is 4.46. The van der Waals surface area contributed by atoms with Crippen molar-refractivity contribution in [3.8, 4) is 5.75 Å². The zero-order valence-electron chi connectivity index (χ0n) is 18.5. The number of hydrogen-bond donors (Lipinski definition) is 1. The monoisotopic (exact) mass is 514 g/mol. The van der Waals surface area contributed by atoms with Gasteiger partial charge >= 0.3 is 0 Å². The number of rotatable bonds is 8. The fourth-order valence-corrected chi connectivity index (χ4v) is 12.9. The molecule has 0 saturated heterocycles. The lowest BCUT2D eigenvalue weighted by Gasteiger charge is -2.44. The average molecular weight is 515 g/mol. The van der Waals surface area contributed by atoms with Gasteiger partial charge in [-0.25, -0.2) is 0 Å². The molecule has 28 heavy (non-hydrogen) atoms. The molecular weight excluding hydrogens is 479 g/mol. The van der Waals surface area contributed by atoms with E-state index >= 15 is 0 Å². The normalized spacial score (nSPS) is 12.4. The number of aromatic nitrogens is 1. The summed E-state index contributed by atoms with van der Waals surface area (Å²) >= 11 is 2.41. The van der Waals surface area contributed by atoms with E-state index in [-0.39, 0.29) is 5.91 Å². The highest BCUT2D eigenvalue weighted by molar-refractivity contribution is 14.1. The van der Waals surface area contributed by atoms with Crippen LogP contribution in [-0.4, -0.2) is 32.0 Å². The van der Waals surface area contributed by atoms with Crippen LogP contribution >= 0.6 is 22.6 Å². The second-order valence-electron chi connectivity index (χ2n) is 8.58. The zero-order chi connectivity index (χ0) is 21.2. The van der Waals surface area contributed by atoms with Crippen LogP contribution in [0, 0.1) is 3.57 Å². The maximum atomic E-state index is 11.4. The molecule has 1 aromatic carbocycles. The van der Waals surface area contributed by atoms with Gasteiger partial charge < -0.3 is 14.3 Å². The van der Waals surface area contributed by atoms with E-state index in [0.717, 1.165) is 15.7 Å². The molecular formula is C22H35IN2O2Si. The number of hydrogen-bond acceptors (Lipinski definition) is 2. The molecule has 0 aliphatic rings. The molecule has 0 aliphatic heterocycles. The first-order valence-electron chi connectivity index (χ1n) is 10.2. The van der Waals surface area contributed by atoms with Gasteiger partial charge in [0.2, 0.25) is 5.91 Å². The second kappa shape index (κ2) is 9.20. The molecule has 0 aliphatic carbocycles. The molecule has 0 unspecified atom stereocenters. The van der Waals surface area contributed by atoms with Crippen molar-refractivity contribution in [1.82, 2.24) is 9.55 Å². The number of nitrogens with zero attached hydrogens (tertiary/aromatic N) is 1. The van der Waals surface area contributed by atoms with Crippen molar-refractivity contribution in [3.05, 3.63) is 27.5 Å². The highest BCUT2D eigenvalue weighted by Crippen LogP contribution is 2.46. The Morgan fingerprint density at radius 3 is 2.18 bits per heavy atom. The number of benzene rings is 1. The SMILES string of the molecule is COc1ccc2c(c(CCNC(C)=O)cn2[Si](C(C)C)(C(C)C)C(C)C)c1I. The lowest BCUT2D eigenvalue weighted by atomic mass is 10.1. The summed E-state index contributed by atoms with van der Waals surface area (Å²) in [6.07, 6.45) is 3.21. The molecule has 1 heterocycles. The topological polar surface area (TPSA) is 43.3 Å². The van der Waals surface area contributed by atoms with Crippen LogP contribution in [0.4, 0.5) is 0 Å². The zero-order valence-corrected chi connectivity index (χ0v) is 21.7. The molecule has 0 atom stereocenters. The summed E-state index contributed by atoms with van der Waals surface area (Å²) in [5.74, 6) is 0.934. The van der Waals surface area contributed by atoms with Crippen LogP contribution in [0.25, 0.3) is 10.9 Å². The molecule has 0 spiro atoms. The average Bonchev–Trinajstić information content (AvgIpc) is 2.94. The van der Waals surface area contributed by atoms with Crippen molar-refractivity contribution >= 4 is 47.6 Å². The molecule has 0 bridgehead atoms. The molecule has 0 saturated carbocycles. The molecule has 1 N–H and O–H groups in total. The van der Waals surface area contributed by atoms with Gasteiger partial charge in [-0.2, -0.15) is 0 Å². The Kier molecular flexibility index (Phi) is 7.64. The van der Waals surface area contributed by atoms with Crippen LogP contribution in [-0.2, 0) is 11.2 Å². The van der Waals surface area contributed by atoms with Crippen molar-refractivity contribution in [3.63, 3.8) is 0 Å². The van der Waals surface area contributed by atoms with Gasteiger partial charge in [-0.1, -0.05) is 41.5 Å². The van der Waals surface area contributed by atoms with Crippen molar-refractivity contribution < 1.29 is 9.53 Å². The Bertz CT molecular complexity index is 821. The van der Waals surface area contributed by atoms with Gasteiger partial charge in [0.25, 0.3) is 0 Å². The molecule has 1 amide bonds. The molecule has 0 fully saturated rings. The van der Waals surface area contributed by atoms with E-state index in [0.29, 0.717) is 23.2 Å². The molecule has 4 nitrogen and oxygen atoms in total. The summed E-state index contributed by atoms with van der Waals surface area (Å²) < 4.78 is 9.43. The Labute approximate surface area is 184 Å². The van der Waals surface area contributed by atoms with Gasteiger partial charge in [0.05, 0.1) is 10.7 Å². The third-order valence-electron chi connectivity index (χ3n) is 6.13. The first kappa shape index (κ1) is 23.3. The van der Waals surface area contributed by atoms with Crippen molar-refractivity contribution in [2.75, 3.05) is 13.7 Å². The summed E-state index contributed by atoms with van der Waals surface area (Å²) in [6.45, 7) is 16.6. The Morgan fingerprint density at radius 2 is 1.71 bits per heavy atom. The van der Waals surface area contributed by atoms with Gasteiger partial charge in [0.1, 0.15) is 5.75 Å². The number of amides is 1. The van der Waals surface area contributed by atoms with Crippen LogP contribution in [0.2, 0.25) is 16.6 Å². The highest BCUT2D eigenvalue weighted by Gasteiger charge is 2.46. The molecule has 2 aromatic rings. The third kappa shape index (κ3) is 3.99. The van der Waals surface area contributed by atoms with Crippen LogP contribution in [0.1, 0.15) is 54.0 Å². The Morgan fingerprint density at radius 1 is 1.14 bits per heavy atom. The Balaban J connectivity index is 2.79. The van der Waals surface area contributed by atoms with E-state index in [2.05, 4.69) is 92.0 Å². The maximum absolute atomic E-state index is 11.4. The van der Waals surface area contributed by atoms with Crippen LogP contribution in [0.3, 0.4) is 0 Å². The fourth-order valence-electron chi connectivity index (χ4n) is 5.22. The van der Waals surface area contributed by atoms with Gasteiger partial charge in [-0.3, -0.25) is 4.79 Å². The van der Waals surface area contributed by atoms with Gasteiger partial charge in [0.15, 0.2) is 8.24 Å². The van der Waals surface area contributed by atoms with Crippen LogP contribution in [0.15, 0.2) is 18.3 Å². The largest absolute Gasteiger partial charge is 0.496 e.